The van der Waals surface area contributed by atoms with Crippen LogP contribution in [0.4, 0.5) is 0 Å². The number of nitrogens with zero attached hydrogens (tertiary/aromatic N) is 4. The number of amides is 1. The van der Waals surface area contributed by atoms with Crippen LogP contribution in [0.3, 0.4) is 0 Å². The fourth-order valence-corrected chi connectivity index (χ4v) is 3.79. The number of rotatable bonds is 3. The van der Waals surface area contributed by atoms with Crippen LogP contribution in [0.1, 0.15) is 49.1 Å². The van der Waals surface area contributed by atoms with Crippen LogP contribution in [0.25, 0.3) is 0 Å². The summed E-state index contributed by atoms with van der Waals surface area (Å²) in [5.41, 5.74) is 0.949. The van der Waals surface area contributed by atoms with Crippen LogP contribution in [-0.2, 0) is 17.9 Å². The highest BCUT2D eigenvalue weighted by molar-refractivity contribution is 6.31. The molecule has 2 aliphatic heterocycles. The molecule has 2 aromatic rings. The molecule has 0 aliphatic carbocycles. The minimum absolute atomic E-state index is 0. The minimum atomic E-state index is -0.288. The lowest BCUT2D eigenvalue weighted by atomic mass is 10.1. The van der Waals surface area contributed by atoms with Gasteiger partial charge in [0.05, 0.1) is 12.6 Å². The molecule has 6 nitrogen and oxygen atoms in total. The monoisotopic (exact) mass is 381 g/mol. The molecule has 8 heteroatoms. The molecular formula is C17H21Cl2N5O. The van der Waals surface area contributed by atoms with E-state index in [0.29, 0.717) is 18.1 Å². The van der Waals surface area contributed by atoms with Gasteiger partial charge in [0.25, 0.3) is 0 Å². The molecule has 0 saturated carbocycles. The maximum Gasteiger partial charge on any atom is 0.246 e. The van der Waals surface area contributed by atoms with Gasteiger partial charge in [0.15, 0.2) is 11.6 Å². The Balaban J connectivity index is 0.00000182. The van der Waals surface area contributed by atoms with Crippen LogP contribution in [0.2, 0.25) is 5.02 Å². The van der Waals surface area contributed by atoms with E-state index in [1.54, 1.807) is 0 Å². The SMILES string of the molecule is C[C@H]1C(=O)N(Cc2ccccc2Cl)Cc2nnc(C3CCCN3)n21.Cl. The quantitative estimate of drug-likeness (QED) is 0.887. The molecule has 1 fully saturated rings. The summed E-state index contributed by atoms with van der Waals surface area (Å²) >= 11 is 6.24. The molecule has 134 valence electrons. The van der Waals surface area contributed by atoms with Crippen molar-refractivity contribution in [2.45, 2.75) is 44.9 Å². The van der Waals surface area contributed by atoms with E-state index in [9.17, 15) is 4.79 Å². The predicted octanol–water partition coefficient (Wildman–Crippen LogP) is 2.88. The number of hydrogen-bond acceptors (Lipinski definition) is 4. The van der Waals surface area contributed by atoms with Gasteiger partial charge in [-0.3, -0.25) is 9.36 Å². The van der Waals surface area contributed by atoms with Crippen molar-refractivity contribution in [2.75, 3.05) is 6.54 Å². The number of benzene rings is 1. The average Bonchev–Trinajstić information content (AvgIpc) is 3.23. The first-order chi connectivity index (χ1) is 11.6. The fraction of sp³-hybridized carbons (Fsp3) is 0.471. The van der Waals surface area contributed by atoms with Gasteiger partial charge in [-0.1, -0.05) is 29.8 Å². The largest absolute Gasteiger partial charge is 0.329 e. The van der Waals surface area contributed by atoms with Gasteiger partial charge in [-0.15, -0.1) is 22.6 Å². The topological polar surface area (TPSA) is 63.1 Å². The lowest BCUT2D eigenvalue weighted by Crippen LogP contribution is -2.42. The maximum atomic E-state index is 12.9. The molecule has 1 N–H and O–H groups in total. The summed E-state index contributed by atoms with van der Waals surface area (Å²) in [4.78, 5) is 14.7. The zero-order valence-corrected chi connectivity index (χ0v) is 15.6. The van der Waals surface area contributed by atoms with Gasteiger partial charge in [-0.05, 0) is 37.9 Å². The molecule has 0 radical (unpaired) electrons. The van der Waals surface area contributed by atoms with Crippen molar-refractivity contribution in [3.05, 3.63) is 46.5 Å². The summed E-state index contributed by atoms with van der Waals surface area (Å²) in [5, 5.41) is 12.8. The van der Waals surface area contributed by atoms with Crippen molar-refractivity contribution in [1.29, 1.82) is 0 Å². The summed E-state index contributed by atoms with van der Waals surface area (Å²) in [6, 6.07) is 7.55. The first kappa shape index (κ1) is 18.2. The molecule has 1 aromatic heterocycles. The van der Waals surface area contributed by atoms with Gasteiger partial charge in [0.1, 0.15) is 6.04 Å². The highest BCUT2D eigenvalue weighted by atomic mass is 35.5. The van der Waals surface area contributed by atoms with Gasteiger partial charge in [-0.25, -0.2) is 0 Å². The predicted molar refractivity (Wildman–Crippen MR) is 97.7 cm³/mol. The summed E-state index contributed by atoms with van der Waals surface area (Å²) in [6.07, 6.45) is 2.18. The molecular weight excluding hydrogens is 361 g/mol. The van der Waals surface area contributed by atoms with E-state index >= 15 is 0 Å². The van der Waals surface area contributed by atoms with Gasteiger partial charge in [0.2, 0.25) is 5.91 Å². The van der Waals surface area contributed by atoms with Gasteiger partial charge < -0.3 is 10.2 Å². The molecule has 2 atom stereocenters. The molecule has 4 rings (SSSR count). The standard InChI is InChI=1S/C17H20ClN5O.ClH/c1-11-17(24)22(9-12-5-2-3-6-13(12)18)10-15-20-21-16(23(11)15)14-7-4-8-19-14;/h2-3,5-6,11,14,19H,4,7-10H2,1H3;1H/t11-,14?;/m0./s1. The van der Waals surface area contributed by atoms with Crippen LogP contribution in [0.15, 0.2) is 24.3 Å². The summed E-state index contributed by atoms with van der Waals surface area (Å²) < 4.78 is 2.01. The molecule has 2 aliphatic rings. The Kier molecular flexibility index (Phi) is 5.32. The normalized spacial score (nSPS) is 22.6. The van der Waals surface area contributed by atoms with Gasteiger partial charge in [0, 0.05) is 11.6 Å². The van der Waals surface area contributed by atoms with Crippen molar-refractivity contribution in [2.24, 2.45) is 0 Å². The van der Waals surface area contributed by atoms with E-state index in [2.05, 4.69) is 15.5 Å². The third-order valence-corrected chi connectivity index (χ3v) is 5.24. The lowest BCUT2D eigenvalue weighted by molar-refractivity contribution is -0.137. The van der Waals surface area contributed by atoms with Crippen LogP contribution < -0.4 is 5.32 Å². The number of aromatic nitrogens is 3. The maximum absolute atomic E-state index is 12.9. The second kappa shape index (κ2) is 7.32. The van der Waals surface area contributed by atoms with Crippen LogP contribution in [0, 0.1) is 0 Å². The van der Waals surface area contributed by atoms with E-state index < -0.39 is 0 Å². The second-order valence-electron chi connectivity index (χ2n) is 6.46. The number of nitrogens with one attached hydrogen (secondary N) is 1. The van der Waals surface area contributed by atoms with E-state index in [0.717, 1.165) is 36.6 Å². The van der Waals surface area contributed by atoms with Crippen LogP contribution in [0.5, 0.6) is 0 Å². The molecule has 1 saturated heterocycles. The molecule has 0 spiro atoms. The molecule has 1 aromatic carbocycles. The summed E-state index contributed by atoms with van der Waals surface area (Å²) in [7, 11) is 0. The Morgan fingerprint density at radius 2 is 2.12 bits per heavy atom. The van der Waals surface area contributed by atoms with Gasteiger partial charge >= 0.3 is 0 Å². The zero-order valence-electron chi connectivity index (χ0n) is 14.0. The Labute approximate surface area is 158 Å². The Bertz CT molecular complexity index is 772. The van der Waals surface area contributed by atoms with Crippen LogP contribution in [-0.4, -0.2) is 32.1 Å². The minimum Gasteiger partial charge on any atom is -0.329 e. The lowest BCUT2D eigenvalue weighted by Gasteiger charge is -2.33. The molecule has 3 heterocycles. The highest BCUT2D eigenvalue weighted by Gasteiger charge is 2.35. The second-order valence-corrected chi connectivity index (χ2v) is 6.86. The van der Waals surface area contributed by atoms with E-state index in [-0.39, 0.29) is 30.4 Å². The zero-order chi connectivity index (χ0) is 16.7. The van der Waals surface area contributed by atoms with E-state index in [1.165, 1.54) is 0 Å². The number of carbonyl (C=O) groups is 1. The first-order valence-corrected chi connectivity index (χ1v) is 8.72. The van der Waals surface area contributed by atoms with E-state index in [4.69, 9.17) is 11.6 Å². The van der Waals surface area contributed by atoms with Crippen molar-refractivity contribution in [3.63, 3.8) is 0 Å². The van der Waals surface area contributed by atoms with Crippen molar-refractivity contribution >= 4 is 29.9 Å². The van der Waals surface area contributed by atoms with E-state index in [1.807, 2.05) is 40.7 Å². The number of halogens is 2. The molecule has 1 amide bonds. The van der Waals surface area contributed by atoms with Gasteiger partial charge in [-0.2, -0.15) is 0 Å². The third kappa shape index (κ3) is 3.26. The Hall–Kier alpha value is -1.63. The highest BCUT2D eigenvalue weighted by Crippen LogP contribution is 2.30. The first-order valence-electron chi connectivity index (χ1n) is 8.34. The number of hydrogen-bond donors (Lipinski definition) is 1. The van der Waals surface area contributed by atoms with Crippen molar-refractivity contribution in [3.8, 4) is 0 Å². The Morgan fingerprint density at radius 3 is 2.84 bits per heavy atom. The average molecular weight is 382 g/mol. The smallest absolute Gasteiger partial charge is 0.246 e. The number of carbonyl (C=O) groups excluding carboxylic acids is 1. The molecule has 0 bridgehead atoms. The Morgan fingerprint density at radius 1 is 1.32 bits per heavy atom. The van der Waals surface area contributed by atoms with Crippen LogP contribution >= 0.6 is 24.0 Å². The van der Waals surface area contributed by atoms with Crippen molar-refractivity contribution in [1.82, 2.24) is 25.0 Å². The fourth-order valence-electron chi connectivity index (χ4n) is 3.60. The molecule has 1 unspecified atom stereocenters. The summed E-state index contributed by atoms with van der Waals surface area (Å²) in [5.74, 6) is 1.82. The number of fused-ring (bicyclic) bond motifs is 1. The third-order valence-electron chi connectivity index (χ3n) is 4.87. The van der Waals surface area contributed by atoms with Crippen molar-refractivity contribution < 1.29 is 4.79 Å². The molecule has 25 heavy (non-hydrogen) atoms. The summed E-state index contributed by atoms with van der Waals surface area (Å²) in [6.45, 7) is 3.88.